The molecule has 72 valence electrons. The Labute approximate surface area is 89.1 Å². The number of allylic oxidation sites excluding steroid dienone is 1. The maximum Gasteiger partial charge on any atom is 0.473 e. The highest BCUT2D eigenvalue weighted by Gasteiger charge is 2.37. The van der Waals surface area contributed by atoms with Gasteiger partial charge in [-0.3, -0.25) is 0 Å². The van der Waals surface area contributed by atoms with E-state index in [2.05, 4.69) is 6.58 Å². The third-order valence-corrected chi connectivity index (χ3v) is 8.14. The van der Waals surface area contributed by atoms with Crippen LogP contribution in [0.15, 0.2) is 12.7 Å². The molecule has 6 radical (unpaired) electrons. The number of rotatable bonds is 8. The fraction of sp³-hybridized carbons (Fsp3) is 0.667. The minimum atomic E-state index is -2.38. The molecule has 0 amide bonds. The zero-order valence-corrected chi connectivity index (χ0v) is 12.2. The van der Waals surface area contributed by atoms with E-state index in [-0.39, 0.29) is 0 Å². The van der Waals surface area contributed by atoms with Gasteiger partial charge in [0.05, 0.1) is 0 Å². The van der Waals surface area contributed by atoms with Gasteiger partial charge in [0.25, 0.3) is 0 Å². The van der Waals surface area contributed by atoms with Gasteiger partial charge in [0.1, 0.15) is 0 Å². The lowest BCUT2D eigenvalue weighted by Crippen LogP contribution is -2.47. The van der Waals surface area contributed by atoms with Gasteiger partial charge in [-0.05, 0) is 19.6 Å². The Kier molecular flexibility index (Phi) is 8.15. The molecule has 0 spiro atoms. The van der Waals surface area contributed by atoms with E-state index in [0.29, 0.717) is 35.3 Å². The first-order valence-electron chi connectivity index (χ1n) is 3.89. The van der Waals surface area contributed by atoms with Crippen molar-refractivity contribution in [1.82, 2.24) is 0 Å². The van der Waals surface area contributed by atoms with Crippen molar-refractivity contribution in [3.8, 4) is 0 Å². The van der Waals surface area contributed by atoms with Crippen LogP contribution < -0.4 is 0 Å². The quantitative estimate of drug-likeness (QED) is 0.475. The number of hydrogen-bond acceptors (Lipinski definition) is 3. The predicted octanol–water partition coefficient (Wildman–Crippen LogP) is 1.16. The fourth-order valence-electron chi connectivity index (χ4n) is 0.831. The van der Waals surface area contributed by atoms with Gasteiger partial charge in [0.15, 0.2) is 0 Å². The Bertz CT molecular complexity index is 127. The summed E-state index contributed by atoms with van der Waals surface area (Å²) in [6, 6.07) is 0.704. The van der Waals surface area contributed by atoms with Gasteiger partial charge >= 0.3 is 8.80 Å². The van der Waals surface area contributed by atoms with E-state index in [0.717, 1.165) is 0 Å². The summed E-state index contributed by atoms with van der Waals surface area (Å²) in [5.74, 6) is 0. The van der Waals surface area contributed by atoms with E-state index in [1.54, 1.807) is 0 Å². The monoisotopic (exact) mass is 246 g/mol. The topological polar surface area (TPSA) is 27.7 Å². The standard InChI is InChI=1S/C6H14O3Si4/c1-5-6-13(7-10-2,8-11-3)9-12-4/h5H,1,6H2,2-4H3. The normalized spacial score (nSPS) is 11.6. The van der Waals surface area contributed by atoms with Crippen molar-refractivity contribution in [2.75, 3.05) is 0 Å². The highest BCUT2D eigenvalue weighted by molar-refractivity contribution is 6.73. The van der Waals surface area contributed by atoms with Crippen LogP contribution in [0.25, 0.3) is 0 Å². The largest absolute Gasteiger partial charge is 0.473 e. The highest BCUT2D eigenvalue weighted by Crippen LogP contribution is 2.14. The maximum absolute atomic E-state index is 5.62. The van der Waals surface area contributed by atoms with Crippen molar-refractivity contribution in [3.05, 3.63) is 12.7 Å². The van der Waals surface area contributed by atoms with Crippen LogP contribution in [0.2, 0.25) is 25.7 Å². The Morgan fingerprint density at radius 2 is 1.46 bits per heavy atom. The Hall–Kier alpha value is 0.488. The van der Waals surface area contributed by atoms with Crippen molar-refractivity contribution >= 4 is 38.1 Å². The molecule has 0 aromatic heterocycles. The molecule has 0 bridgehead atoms. The molecule has 0 aliphatic heterocycles. The lowest BCUT2D eigenvalue weighted by molar-refractivity contribution is 0.288. The smallest absolute Gasteiger partial charge is 0.416 e. The molecule has 0 heterocycles. The Balaban J connectivity index is 4.27. The molecule has 0 saturated heterocycles. The molecular formula is C6H14O3Si4. The summed E-state index contributed by atoms with van der Waals surface area (Å²) in [7, 11) is -1.14. The third-order valence-electron chi connectivity index (χ3n) is 1.17. The molecule has 0 fully saturated rings. The van der Waals surface area contributed by atoms with Crippen LogP contribution in [0.5, 0.6) is 0 Å². The zero-order valence-electron chi connectivity index (χ0n) is 8.22. The van der Waals surface area contributed by atoms with Crippen LogP contribution >= 0.6 is 0 Å². The van der Waals surface area contributed by atoms with E-state index < -0.39 is 8.80 Å². The first-order chi connectivity index (χ1) is 6.24. The lowest BCUT2D eigenvalue weighted by Gasteiger charge is -2.27. The molecule has 0 atom stereocenters. The van der Waals surface area contributed by atoms with Crippen molar-refractivity contribution in [2.24, 2.45) is 0 Å². The van der Waals surface area contributed by atoms with Gasteiger partial charge in [-0.25, -0.2) is 0 Å². The van der Waals surface area contributed by atoms with Crippen molar-refractivity contribution in [3.63, 3.8) is 0 Å². The fourth-order valence-corrected chi connectivity index (χ4v) is 7.54. The van der Waals surface area contributed by atoms with E-state index in [1.165, 1.54) is 0 Å². The summed E-state index contributed by atoms with van der Waals surface area (Å²) in [6.07, 6.45) is 1.81. The highest BCUT2D eigenvalue weighted by atomic mass is 28.5. The van der Waals surface area contributed by atoms with Gasteiger partial charge in [0.2, 0.25) is 29.3 Å². The molecular weight excluding hydrogens is 232 g/mol. The number of hydrogen-bond donors (Lipinski definition) is 0. The van der Waals surface area contributed by atoms with Crippen LogP contribution in [0.4, 0.5) is 0 Å². The Morgan fingerprint density at radius 1 is 1.08 bits per heavy atom. The summed E-state index contributed by atoms with van der Waals surface area (Å²) in [6.45, 7) is 9.64. The van der Waals surface area contributed by atoms with Gasteiger partial charge < -0.3 is 12.3 Å². The molecule has 0 aromatic rings. The predicted molar refractivity (Wildman–Crippen MR) is 58.9 cm³/mol. The molecule has 0 unspecified atom stereocenters. The average Bonchev–Trinajstić information content (AvgIpc) is 2.06. The lowest BCUT2D eigenvalue weighted by atomic mass is 10.8. The van der Waals surface area contributed by atoms with E-state index >= 15 is 0 Å². The first-order valence-corrected chi connectivity index (χ1v) is 10.1. The van der Waals surface area contributed by atoms with Crippen molar-refractivity contribution in [2.45, 2.75) is 25.7 Å². The minimum absolute atomic E-state index is 0.412. The van der Waals surface area contributed by atoms with Crippen LogP contribution in [-0.4, -0.2) is 38.1 Å². The second-order valence-corrected chi connectivity index (χ2v) is 7.54. The van der Waals surface area contributed by atoms with Crippen LogP contribution in [0, 0.1) is 0 Å². The summed E-state index contributed by atoms with van der Waals surface area (Å²) < 4.78 is 16.8. The first kappa shape index (κ1) is 13.5. The second kappa shape index (κ2) is 7.85. The van der Waals surface area contributed by atoms with Crippen molar-refractivity contribution < 1.29 is 12.3 Å². The molecule has 0 N–H and O–H groups in total. The maximum atomic E-state index is 5.62. The SMILES string of the molecule is C=CC[Si](O[Si]C)(O[Si]C)O[Si]C. The van der Waals surface area contributed by atoms with E-state index in [9.17, 15) is 0 Å². The van der Waals surface area contributed by atoms with Crippen LogP contribution in [0.1, 0.15) is 0 Å². The molecule has 0 saturated carbocycles. The summed E-state index contributed by atoms with van der Waals surface area (Å²) >= 11 is 0. The Morgan fingerprint density at radius 3 is 1.69 bits per heavy atom. The molecule has 13 heavy (non-hydrogen) atoms. The van der Waals surface area contributed by atoms with Crippen LogP contribution in [0.3, 0.4) is 0 Å². The molecule has 0 rings (SSSR count). The van der Waals surface area contributed by atoms with Gasteiger partial charge in [0, 0.05) is 6.04 Å². The zero-order chi connectivity index (χ0) is 10.2. The molecule has 3 nitrogen and oxygen atoms in total. The van der Waals surface area contributed by atoms with Gasteiger partial charge in [-0.15, -0.1) is 6.58 Å². The molecule has 0 aliphatic carbocycles. The second-order valence-electron chi connectivity index (χ2n) is 2.09. The third kappa shape index (κ3) is 5.05. The minimum Gasteiger partial charge on any atom is -0.416 e. The average molecular weight is 247 g/mol. The van der Waals surface area contributed by atoms with E-state index in [4.69, 9.17) is 12.3 Å². The summed E-state index contributed by atoms with van der Waals surface area (Å²) in [5.41, 5.74) is 0. The molecule has 0 aliphatic rings. The van der Waals surface area contributed by atoms with Gasteiger partial charge in [-0.2, -0.15) is 0 Å². The van der Waals surface area contributed by atoms with Gasteiger partial charge in [-0.1, -0.05) is 6.08 Å². The van der Waals surface area contributed by atoms with E-state index in [1.807, 2.05) is 25.7 Å². The molecule has 7 heteroatoms. The molecule has 0 aromatic carbocycles. The summed E-state index contributed by atoms with van der Waals surface area (Å²) in [5, 5.41) is 0. The van der Waals surface area contributed by atoms with Crippen molar-refractivity contribution in [1.29, 1.82) is 0 Å². The summed E-state index contributed by atoms with van der Waals surface area (Å²) in [4.78, 5) is 0. The van der Waals surface area contributed by atoms with Crippen LogP contribution in [-0.2, 0) is 12.3 Å².